The summed E-state index contributed by atoms with van der Waals surface area (Å²) in [6.45, 7) is 0.186. The molecule has 1 aromatic carbocycles. The maximum absolute atomic E-state index is 11.6. The van der Waals surface area contributed by atoms with E-state index >= 15 is 0 Å². The molecule has 7 heteroatoms. The van der Waals surface area contributed by atoms with Crippen LogP contribution in [-0.4, -0.2) is 47.3 Å². The van der Waals surface area contributed by atoms with E-state index in [1.807, 2.05) is 0 Å². The summed E-state index contributed by atoms with van der Waals surface area (Å²) in [6, 6.07) is 2.92. The molecule has 1 heterocycles. The van der Waals surface area contributed by atoms with Crippen molar-refractivity contribution in [2.75, 3.05) is 26.3 Å². The lowest BCUT2D eigenvalue weighted by Gasteiger charge is -2.33. The van der Waals surface area contributed by atoms with E-state index in [0.29, 0.717) is 10.6 Å². The van der Waals surface area contributed by atoms with E-state index in [4.69, 9.17) is 33.0 Å². The third-order valence-corrected chi connectivity index (χ3v) is 3.77. The van der Waals surface area contributed by atoms with Crippen molar-refractivity contribution in [1.29, 1.82) is 0 Å². The van der Waals surface area contributed by atoms with E-state index < -0.39 is 6.10 Å². The highest BCUT2D eigenvalue weighted by atomic mass is 35.5. The number of aliphatic hydroxyl groups is 1. The molecule has 1 atom stereocenters. The standard InChI is InChI=1S/C12H13Cl2NO4/c13-7-1-2-8(17)11(12(7)14)9-5-15(3-4-16)10(18)6-19-9/h1-2,9,16-17H,3-6H2/t9-/m0/s1. The van der Waals surface area contributed by atoms with Crippen molar-refractivity contribution in [2.45, 2.75) is 6.10 Å². The van der Waals surface area contributed by atoms with Gasteiger partial charge in [0.05, 0.1) is 23.2 Å². The van der Waals surface area contributed by atoms with Crippen LogP contribution in [0.5, 0.6) is 5.75 Å². The minimum absolute atomic E-state index is 0.0299. The number of aromatic hydroxyl groups is 1. The van der Waals surface area contributed by atoms with Gasteiger partial charge in [-0.25, -0.2) is 0 Å². The number of phenolic OH excluding ortho intramolecular Hbond substituents is 1. The van der Waals surface area contributed by atoms with Gasteiger partial charge in [-0.2, -0.15) is 0 Å². The van der Waals surface area contributed by atoms with Crippen LogP contribution < -0.4 is 0 Å². The molecule has 0 radical (unpaired) electrons. The number of halogens is 2. The van der Waals surface area contributed by atoms with Gasteiger partial charge in [-0.3, -0.25) is 4.79 Å². The minimum Gasteiger partial charge on any atom is -0.508 e. The third-order valence-electron chi connectivity index (χ3n) is 2.95. The largest absolute Gasteiger partial charge is 0.508 e. The second-order valence-corrected chi connectivity index (χ2v) is 4.94. The summed E-state index contributed by atoms with van der Waals surface area (Å²) >= 11 is 12.0. The minimum atomic E-state index is -0.560. The number of carbonyl (C=O) groups is 1. The first-order valence-corrected chi connectivity index (χ1v) is 6.47. The quantitative estimate of drug-likeness (QED) is 0.890. The molecule has 0 aromatic heterocycles. The van der Waals surface area contributed by atoms with Crippen LogP contribution in [0.4, 0.5) is 0 Å². The van der Waals surface area contributed by atoms with Gasteiger partial charge < -0.3 is 19.8 Å². The van der Waals surface area contributed by atoms with Gasteiger partial charge in [-0.05, 0) is 12.1 Å². The number of morpholine rings is 1. The third kappa shape index (κ3) is 2.95. The molecule has 1 aliphatic heterocycles. The van der Waals surface area contributed by atoms with Crippen molar-refractivity contribution >= 4 is 29.1 Å². The van der Waals surface area contributed by atoms with Crippen molar-refractivity contribution in [3.8, 4) is 5.75 Å². The Hall–Kier alpha value is -1.01. The van der Waals surface area contributed by atoms with E-state index in [-0.39, 0.29) is 43.0 Å². The van der Waals surface area contributed by atoms with E-state index in [0.717, 1.165) is 0 Å². The Balaban J connectivity index is 2.27. The van der Waals surface area contributed by atoms with Crippen molar-refractivity contribution < 1.29 is 19.7 Å². The lowest BCUT2D eigenvalue weighted by molar-refractivity contribution is -0.150. The molecule has 0 saturated carbocycles. The highest BCUT2D eigenvalue weighted by Gasteiger charge is 2.30. The zero-order valence-corrected chi connectivity index (χ0v) is 11.5. The maximum atomic E-state index is 11.6. The molecule has 0 bridgehead atoms. The first-order valence-electron chi connectivity index (χ1n) is 5.71. The Kier molecular flexibility index (Phi) is 4.52. The maximum Gasteiger partial charge on any atom is 0.248 e. The van der Waals surface area contributed by atoms with E-state index in [9.17, 15) is 9.90 Å². The number of hydrogen-bond donors (Lipinski definition) is 2. The van der Waals surface area contributed by atoms with Gasteiger partial charge in [0.2, 0.25) is 5.91 Å². The van der Waals surface area contributed by atoms with Crippen molar-refractivity contribution in [2.24, 2.45) is 0 Å². The van der Waals surface area contributed by atoms with Crippen molar-refractivity contribution in [1.82, 2.24) is 4.90 Å². The Labute approximate surface area is 120 Å². The van der Waals surface area contributed by atoms with Crippen LogP contribution in [0.2, 0.25) is 10.0 Å². The van der Waals surface area contributed by atoms with Crippen molar-refractivity contribution in [3.63, 3.8) is 0 Å². The molecule has 2 N–H and O–H groups in total. The molecule has 1 aromatic rings. The first-order chi connectivity index (χ1) is 9.04. The fourth-order valence-corrected chi connectivity index (χ4v) is 2.44. The van der Waals surface area contributed by atoms with Crippen LogP contribution in [0, 0.1) is 0 Å². The summed E-state index contributed by atoms with van der Waals surface area (Å²) in [5.74, 6) is -0.236. The molecule has 2 rings (SSSR count). The van der Waals surface area contributed by atoms with Crippen LogP contribution in [0.15, 0.2) is 12.1 Å². The van der Waals surface area contributed by atoms with E-state index in [1.165, 1.54) is 17.0 Å². The lowest BCUT2D eigenvalue weighted by atomic mass is 10.1. The molecule has 0 unspecified atom stereocenters. The number of benzene rings is 1. The normalized spacial score (nSPS) is 19.8. The lowest BCUT2D eigenvalue weighted by Crippen LogP contribution is -2.44. The Morgan fingerprint density at radius 1 is 1.42 bits per heavy atom. The molecule has 0 aliphatic carbocycles. The molecular weight excluding hydrogens is 293 g/mol. The van der Waals surface area contributed by atoms with Crippen LogP contribution in [0.25, 0.3) is 0 Å². The van der Waals surface area contributed by atoms with Gasteiger partial charge in [0.1, 0.15) is 18.5 Å². The molecular formula is C12H13Cl2NO4. The summed E-state index contributed by atoms with van der Waals surface area (Å²) in [6.07, 6.45) is -0.560. The van der Waals surface area contributed by atoms with Gasteiger partial charge >= 0.3 is 0 Å². The predicted molar refractivity (Wildman–Crippen MR) is 70.5 cm³/mol. The van der Waals surface area contributed by atoms with Crippen LogP contribution >= 0.6 is 23.2 Å². The van der Waals surface area contributed by atoms with Gasteiger partial charge in [0.25, 0.3) is 0 Å². The number of phenols is 1. The smallest absolute Gasteiger partial charge is 0.248 e. The van der Waals surface area contributed by atoms with Gasteiger partial charge in [-0.1, -0.05) is 23.2 Å². The number of nitrogens with zero attached hydrogens (tertiary/aromatic N) is 1. The molecule has 19 heavy (non-hydrogen) atoms. The average molecular weight is 306 g/mol. The number of carbonyl (C=O) groups excluding carboxylic acids is 1. The van der Waals surface area contributed by atoms with E-state index in [1.54, 1.807) is 0 Å². The van der Waals surface area contributed by atoms with Crippen LogP contribution in [0.3, 0.4) is 0 Å². The molecule has 5 nitrogen and oxygen atoms in total. The van der Waals surface area contributed by atoms with E-state index in [2.05, 4.69) is 0 Å². The number of hydrogen-bond acceptors (Lipinski definition) is 4. The van der Waals surface area contributed by atoms with Gasteiger partial charge in [-0.15, -0.1) is 0 Å². The fourth-order valence-electron chi connectivity index (χ4n) is 1.99. The van der Waals surface area contributed by atoms with Crippen LogP contribution in [0.1, 0.15) is 11.7 Å². The van der Waals surface area contributed by atoms with Crippen LogP contribution in [-0.2, 0) is 9.53 Å². The zero-order chi connectivity index (χ0) is 14.0. The Morgan fingerprint density at radius 2 is 2.16 bits per heavy atom. The van der Waals surface area contributed by atoms with Gasteiger partial charge in [0.15, 0.2) is 0 Å². The summed E-state index contributed by atoms with van der Waals surface area (Å²) < 4.78 is 5.39. The number of ether oxygens (including phenoxy) is 1. The highest BCUT2D eigenvalue weighted by Crippen LogP contribution is 2.39. The van der Waals surface area contributed by atoms with Gasteiger partial charge in [0, 0.05) is 12.1 Å². The summed E-state index contributed by atoms with van der Waals surface area (Å²) in [7, 11) is 0. The zero-order valence-electron chi connectivity index (χ0n) is 9.97. The average Bonchev–Trinajstić information content (AvgIpc) is 2.38. The highest BCUT2D eigenvalue weighted by molar-refractivity contribution is 6.42. The number of rotatable bonds is 3. The Bertz CT molecular complexity index is 495. The molecule has 1 amide bonds. The topological polar surface area (TPSA) is 70.0 Å². The Morgan fingerprint density at radius 3 is 2.84 bits per heavy atom. The molecule has 1 fully saturated rings. The van der Waals surface area contributed by atoms with Crippen molar-refractivity contribution in [3.05, 3.63) is 27.7 Å². The number of aliphatic hydroxyl groups excluding tert-OH is 1. The monoisotopic (exact) mass is 305 g/mol. The molecule has 104 valence electrons. The second-order valence-electron chi connectivity index (χ2n) is 4.16. The first kappa shape index (κ1) is 14.4. The number of amides is 1. The fraction of sp³-hybridized carbons (Fsp3) is 0.417. The summed E-state index contributed by atoms with van der Waals surface area (Å²) in [5, 5.41) is 19.3. The molecule has 1 saturated heterocycles. The second kappa shape index (κ2) is 5.96. The summed E-state index contributed by atoms with van der Waals surface area (Å²) in [5.41, 5.74) is 0.365. The number of β-amino-alcohol motifs (C(OH)–C–C–N with tert-alkyl or cyclic N) is 1. The molecule has 1 aliphatic rings. The summed E-state index contributed by atoms with van der Waals surface area (Å²) in [4.78, 5) is 13.0. The SMILES string of the molecule is O=C1CO[C@H](c2c(O)ccc(Cl)c2Cl)CN1CCO. The molecule has 0 spiro atoms. The predicted octanol–water partition coefficient (Wildman–Crippen LogP) is 1.59.